The van der Waals surface area contributed by atoms with Gasteiger partial charge in [0.05, 0.1) is 0 Å². The van der Waals surface area contributed by atoms with Crippen LogP contribution in [-0.2, 0) is 13.0 Å². The van der Waals surface area contributed by atoms with E-state index in [0.717, 1.165) is 45.6 Å². The van der Waals surface area contributed by atoms with Crippen molar-refractivity contribution in [1.29, 1.82) is 0 Å². The first-order chi connectivity index (χ1) is 11.1. The molecule has 0 saturated carbocycles. The first-order valence-corrected chi connectivity index (χ1v) is 8.35. The average molecular weight is 326 g/mol. The Balaban J connectivity index is 2.24. The number of nitrogens with zero attached hydrogens (tertiary/aromatic N) is 1. The molecule has 0 N–H and O–H groups in total. The molecule has 3 heteroatoms. The van der Waals surface area contributed by atoms with E-state index in [2.05, 4.69) is 17.6 Å². The number of rotatable bonds is 5. The predicted octanol–water partition coefficient (Wildman–Crippen LogP) is 5.50. The third-order valence-corrected chi connectivity index (χ3v) is 4.57. The van der Waals surface area contributed by atoms with Crippen LogP contribution in [0.2, 0.25) is 5.02 Å². The Morgan fingerprint density at radius 1 is 1.09 bits per heavy atom. The highest BCUT2D eigenvalue weighted by Gasteiger charge is 2.19. The standard InChI is InChI=1S/C20H20ClNO/c1-3-8-19-20(14(2)23)16-10-5-7-12-18(16)22(19)13-15-9-4-6-11-17(15)21/h4-7,9-12H,3,8,13H2,1-2H3. The smallest absolute Gasteiger partial charge is 0.162 e. The molecule has 1 heterocycles. The zero-order valence-corrected chi connectivity index (χ0v) is 14.2. The van der Waals surface area contributed by atoms with Crippen LogP contribution < -0.4 is 0 Å². The van der Waals surface area contributed by atoms with Crippen molar-refractivity contribution in [3.05, 3.63) is 70.4 Å². The van der Waals surface area contributed by atoms with Gasteiger partial charge in [0.2, 0.25) is 0 Å². The molecule has 0 unspecified atom stereocenters. The number of benzene rings is 2. The summed E-state index contributed by atoms with van der Waals surface area (Å²) in [6, 6.07) is 16.0. The fourth-order valence-electron chi connectivity index (χ4n) is 3.22. The van der Waals surface area contributed by atoms with Crippen LogP contribution in [0.1, 0.15) is 41.9 Å². The van der Waals surface area contributed by atoms with Crippen LogP contribution >= 0.6 is 11.6 Å². The lowest BCUT2D eigenvalue weighted by atomic mass is 10.0. The van der Waals surface area contributed by atoms with E-state index < -0.39 is 0 Å². The first-order valence-electron chi connectivity index (χ1n) is 7.98. The molecule has 0 saturated heterocycles. The summed E-state index contributed by atoms with van der Waals surface area (Å²) in [5.74, 6) is 0.127. The van der Waals surface area contributed by atoms with Gasteiger partial charge in [-0.3, -0.25) is 4.79 Å². The van der Waals surface area contributed by atoms with Crippen molar-refractivity contribution in [2.75, 3.05) is 0 Å². The summed E-state index contributed by atoms with van der Waals surface area (Å²) in [4.78, 5) is 12.2. The third-order valence-electron chi connectivity index (χ3n) is 4.20. The van der Waals surface area contributed by atoms with Gasteiger partial charge in [-0.1, -0.05) is 61.3 Å². The molecule has 0 aliphatic heterocycles. The van der Waals surface area contributed by atoms with Gasteiger partial charge in [-0.15, -0.1) is 0 Å². The fraction of sp³-hybridized carbons (Fsp3) is 0.250. The van der Waals surface area contributed by atoms with E-state index in [1.165, 1.54) is 0 Å². The van der Waals surface area contributed by atoms with Crippen molar-refractivity contribution >= 4 is 28.3 Å². The van der Waals surface area contributed by atoms with Gasteiger partial charge < -0.3 is 4.57 Å². The van der Waals surface area contributed by atoms with Gasteiger partial charge in [-0.2, -0.15) is 0 Å². The number of para-hydroxylation sites is 1. The summed E-state index contributed by atoms with van der Waals surface area (Å²) in [7, 11) is 0. The zero-order chi connectivity index (χ0) is 16.4. The molecule has 0 amide bonds. The van der Waals surface area contributed by atoms with Gasteiger partial charge >= 0.3 is 0 Å². The lowest BCUT2D eigenvalue weighted by molar-refractivity contribution is 0.101. The Kier molecular flexibility index (Phi) is 4.53. The predicted molar refractivity (Wildman–Crippen MR) is 96.5 cm³/mol. The molecule has 1 aromatic heterocycles. The quantitative estimate of drug-likeness (QED) is 0.568. The second-order valence-electron chi connectivity index (χ2n) is 5.82. The molecule has 0 aliphatic rings. The van der Waals surface area contributed by atoms with E-state index in [1.54, 1.807) is 6.92 Å². The molecule has 2 nitrogen and oxygen atoms in total. The van der Waals surface area contributed by atoms with E-state index in [9.17, 15) is 4.79 Å². The molecular weight excluding hydrogens is 306 g/mol. The molecule has 0 fully saturated rings. The Morgan fingerprint density at radius 3 is 2.48 bits per heavy atom. The summed E-state index contributed by atoms with van der Waals surface area (Å²) in [5, 5.41) is 1.80. The SMILES string of the molecule is CCCc1c(C(C)=O)c2ccccc2n1Cc1ccccc1Cl. The zero-order valence-electron chi connectivity index (χ0n) is 13.5. The monoisotopic (exact) mass is 325 g/mol. The van der Waals surface area contributed by atoms with Gasteiger partial charge in [0.15, 0.2) is 5.78 Å². The fourth-order valence-corrected chi connectivity index (χ4v) is 3.42. The molecule has 0 radical (unpaired) electrons. The van der Waals surface area contributed by atoms with Crippen LogP contribution in [0.3, 0.4) is 0 Å². The van der Waals surface area contributed by atoms with E-state index >= 15 is 0 Å². The number of fused-ring (bicyclic) bond motifs is 1. The van der Waals surface area contributed by atoms with Gasteiger partial charge in [-0.05, 0) is 31.0 Å². The van der Waals surface area contributed by atoms with Crippen LogP contribution in [0, 0.1) is 0 Å². The van der Waals surface area contributed by atoms with Crippen LogP contribution in [0.4, 0.5) is 0 Å². The van der Waals surface area contributed by atoms with Gasteiger partial charge in [0.1, 0.15) is 0 Å². The number of Topliss-reactive ketones (excluding diaryl/α,β-unsaturated/α-hetero) is 1. The molecule has 3 rings (SSSR count). The first kappa shape index (κ1) is 15.8. The van der Waals surface area contributed by atoms with Gasteiger partial charge in [0.25, 0.3) is 0 Å². The molecule has 23 heavy (non-hydrogen) atoms. The molecule has 3 aromatic rings. The summed E-state index contributed by atoms with van der Waals surface area (Å²) in [5.41, 5.74) is 4.14. The second kappa shape index (κ2) is 6.59. The van der Waals surface area contributed by atoms with Crippen LogP contribution in [0.15, 0.2) is 48.5 Å². The molecule has 0 aliphatic carbocycles. The van der Waals surface area contributed by atoms with Crippen molar-refractivity contribution < 1.29 is 4.79 Å². The average Bonchev–Trinajstić information content (AvgIpc) is 2.84. The molecular formula is C20H20ClNO. The van der Waals surface area contributed by atoms with Crippen LogP contribution in [0.25, 0.3) is 10.9 Å². The van der Waals surface area contributed by atoms with Crippen molar-refractivity contribution in [1.82, 2.24) is 4.57 Å². The van der Waals surface area contributed by atoms with E-state index in [-0.39, 0.29) is 5.78 Å². The van der Waals surface area contributed by atoms with Crippen LogP contribution in [0.5, 0.6) is 0 Å². The highest BCUT2D eigenvalue weighted by molar-refractivity contribution is 6.31. The minimum atomic E-state index is 0.127. The Morgan fingerprint density at radius 2 is 1.78 bits per heavy atom. The van der Waals surface area contributed by atoms with Crippen LogP contribution in [-0.4, -0.2) is 10.4 Å². The van der Waals surface area contributed by atoms with Crippen molar-refractivity contribution in [3.8, 4) is 0 Å². The third kappa shape index (κ3) is 2.91. The lowest BCUT2D eigenvalue weighted by Gasteiger charge is -2.12. The largest absolute Gasteiger partial charge is 0.339 e. The van der Waals surface area contributed by atoms with Gasteiger partial charge in [0, 0.05) is 33.7 Å². The number of hydrogen-bond acceptors (Lipinski definition) is 1. The number of carbonyl (C=O) groups is 1. The van der Waals surface area contributed by atoms with Crippen molar-refractivity contribution in [3.63, 3.8) is 0 Å². The Bertz CT molecular complexity index is 863. The number of halogens is 1. The van der Waals surface area contributed by atoms with E-state index in [1.807, 2.05) is 42.5 Å². The maximum Gasteiger partial charge on any atom is 0.162 e. The summed E-state index contributed by atoms with van der Waals surface area (Å²) in [6.07, 6.45) is 1.88. The Hall–Kier alpha value is -2.06. The lowest BCUT2D eigenvalue weighted by Crippen LogP contribution is -2.07. The number of aromatic nitrogens is 1. The molecule has 2 aromatic carbocycles. The Labute approximate surface area is 141 Å². The molecule has 0 spiro atoms. The molecule has 0 bridgehead atoms. The number of carbonyl (C=O) groups excluding carboxylic acids is 1. The van der Waals surface area contributed by atoms with E-state index in [0.29, 0.717) is 6.54 Å². The minimum absolute atomic E-state index is 0.127. The highest BCUT2D eigenvalue weighted by Crippen LogP contribution is 2.29. The minimum Gasteiger partial charge on any atom is -0.339 e. The van der Waals surface area contributed by atoms with Gasteiger partial charge in [-0.25, -0.2) is 0 Å². The maximum atomic E-state index is 12.2. The van der Waals surface area contributed by atoms with E-state index in [4.69, 9.17) is 11.6 Å². The second-order valence-corrected chi connectivity index (χ2v) is 6.23. The summed E-state index contributed by atoms with van der Waals surface area (Å²) in [6.45, 7) is 4.48. The topological polar surface area (TPSA) is 22.0 Å². The highest BCUT2D eigenvalue weighted by atomic mass is 35.5. The number of hydrogen-bond donors (Lipinski definition) is 0. The molecule has 0 atom stereocenters. The van der Waals surface area contributed by atoms with Crippen molar-refractivity contribution in [2.45, 2.75) is 33.2 Å². The summed E-state index contributed by atoms with van der Waals surface area (Å²) < 4.78 is 2.25. The maximum absolute atomic E-state index is 12.2. The molecule has 118 valence electrons. The summed E-state index contributed by atoms with van der Waals surface area (Å²) >= 11 is 6.34. The number of ketones is 1. The normalized spacial score (nSPS) is 11.1. The van der Waals surface area contributed by atoms with Crippen molar-refractivity contribution in [2.24, 2.45) is 0 Å².